The zero-order valence-corrected chi connectivity index (χ0v) is 11.5. The molecule has 1 aromatic heterocycles. The van der Waals surface area contributed by atoms with Crippen molar-refractivity contribution < 1.29 is 18.0 Å². The molecule has 2 aromatic rings. The van der Waals surface area contributed by atoms with Gasteiger partial charge in [-0.3, -0.25) is 9.78 Å². The van der Waals surface area contributed by atoms with Crippen LogP contribution in [0.15, 0.2) is 36.5 Å². The van der Waals surface area contributed by atoms with E-state index in [9.17, 15) is 18.0 Å². The Labute approximate surface area is 120 Å². The third-order valence-electron chi connectivity index (χ3n) is 3.11. The molecular weight excluding hydrogens is 281 g/mol. The SMILES string of the molecule is CN(Cc1cnc2ccccc2c1)C(=O)CCC(F)(F)F. The molecule has 0 aliphatic carbocycles. The number of halogens is 3. The lowest BCUT2D eigenvalue weighted by Crippen LogP contribution is -2.27. The number of alkyl halides is 3. The standard InChI is InChI=1S/C15H15F3N2O/c1-20(14(21)6-7-15(16,17)18)10-11-8-12-4-2-3-5-13(12)19-9-11/h2-5,8-9H,6-7,10H2,1H3. The Kier molecular flexibility index (Phi) is 4.45. The van der Waals surface area contributed by atoms with Crippen molar-refractivity contribution in [2.45, 2.75) is 25.6 Å². The maximum Gasteiger partial charge on any atom is 0.389 e. The van der Waals surface area contributed by atoms with E-state index in [0.29, 0.717) is 0 Å². The van der Waals surface area contributed by atoms with Crippen LogP contribution in [0.25, 0.3) is 10.9 Å². The topological polar surface area (TPSA) is 33.2 Å². The van der Waals surface area contributed by atoms with Gasteiger partial charge in [0.05, 0.1) is 11.9 Å². The highest BCUT2D eigenvalue weighted by atomic mass is 19.4. The van der Waals surface area contributed by atoms with Crippen molar-refractivity contribution in [3.63, 3.8) is 0 Å². The van der Waals surface area contributed by atoms with Crippen LogP contribution in [0.4, 0.5) is 13.2 Å². The molecule has 1 aromatic carbocycles. The second-order valence-corrected chi connectivity index (χ2v) is 4.90. The molecule has 21 heavy (non-hydrogen) atoms. The van der Waals surface area contributed by atoms with Crippen LogP contribution < -0.4 is 0 Å². The van der Waals surface area contributed by atoms with E-state index in [1.807, 2.05) is 30.3 Å². The second-order valence-electron chi connectivity index (χ2n) is 4.90. The van der Waals surface area contributed by atoms with Gasteiger partial charge in [0, 0.05) is 31.6 Å². The lowest BCUT2D eigenvalue weighted by atomic mass is 10.1. The molecule has 0 atom stereocenters. The molecule has 3 nitrogen and oxygen atoms in total. The Morgan fingerprint density at radius 2 is 2.00 bits per heavy atom. The van der Waals surface area contributed by atoms with Gasteiger partial charge in [0.2, 0.25) is 5.91 Å². The van der Waals surface area contributed by atoms with E-state index in [2.05, 4.69) is 4.98 Å². The predicted octanol–water partition coefficient (Wildman–Crippen LogP) is 3.54. The fourth-order valence-corrected chi connectivity index (χ4v) is 2.00. The number of carbonyl (C=O) groups excluding carboxylic acids is 1. The van der Waals surface area contributed by atoms with Crippen molar-refractivity contribution in [1.29, 1.82) is 0 Å². The summed E-state index contributed by atoms with van der Waals surface area (Å²) in [6.45, 7) is 0.245. The highest BCUT2D eigenvalue weighted by molar-refractivity contribution is 5.79. The summed E-state index contributed by atoms with van der Waals surface area (Å²) in [6, 6.07) is 9.41. The lowest BCUT2D eigenvalue weighted by Gasteiger charge is -2.18. The normalized spacial score (nSPS) is 11.6. The van der Waals surface area contributed by atoms with Crippen LogP contribution >= 0.6 is 0 Å². The minimum atomic E-state index is -4.30. The van der Waals surface area contributed by atoms with Crippen LogP contribution in [0.1, 0.15) is 18.4 Å². The van der Waals surface area contributed by atoms with Gasteiger partial charge in [-0.1, -0.05) is 18.2 Å². The summed E-state index contributed by atoms with van der Waals surface area (Å²) in [7, 11) is 1.49. The van der Waals surface area contributed by atoms with Gasteiger partial charge in [0.15, 0.2) is 0 Å². The summed E-state index contributed by atoms with van der Waals surface area (Å²) in [4.78, 5) is 17.2. The van der Waals surface area contributed by atoms with Crippen molar-refractivity contribution in [3.8, 4) is 0 Å². The van der Waals surface area contributed by atoms with Crippen LogP contribution in [0.3, 0.4) is 0 Å². The number of carbonyl (C=O) groups is 1. The quantitative estimate of drug-likeness (QED) is 0.864. The number of amides is 1. The number of nitrogens with zero attached hydrogens (tertiary/aromatic N) is 2. The average Bonchev–Trinajstić information content (AvgIpc) is 2.43. The number of hydrogen-bond acceptors (Lipinski definition) is 2. The van der Waals surface area contributed by atoms with Crippen LogP contribution in [0, 0.1) is 0 Å². The zero-order valence-electron chi connectivity index (χ0n) is 11.5. The van der Waals surface area contributed by atoms with Gasteiger partial charge in [-0.25, -0.2) is 0 Å². The molecule has 0 N–H and O–H groups in total. The lowest BCUT2D eigenvalue weighted by molar-refractivity contribution is -0.148. The maximum atomic E-state index is 12.1. The summed E-state index contributed by atoms with van der Waals surface area (Å²) in [5.41, 5.74) is 1.63. The summed E-state index contributed by atoms with van der Waals surface area (Å²) in [5.74, 6) is -0.527. The number of benzene rings is 1. The average molecular weight is 296 g/mol. The minimum Gasteiger partial charge on any atom is -0.341 e. The molecule has 112 valence electrons. The van der Waals surface area contributed by atoms with Gasteiger partial charge in [-0.05, 0) is 17.7 Å². The fourth-order valence-electron chi connectivity index (χ4n) is 2.00. The Morgan fingerprint density at radius 1 is 1.29 bits per heavy atom. The Hall–Kier alpha value is -2.11. The smallest absolute Gasteiger partial charge is 0.341 e. The molecule has 0 saturated heterocycles. The summed E-state index contributed by atoms with van der Waals surface area (Å²) < 4.78 is 36.3. The molecule has 1 amide bonds. The molecule has 6 heteroatoms. The van der Waals surface area contributed by atoms with Crippen molar-refractivity contribution in [2.75, 3.05) is 7.05 Å². The number of fused-ring (bicyclic) bond motifs is 1. The maximum absolute atomic E-state index is 12.1. The molecule has 2 rings (SSSR count). The Bertz CT molecular complexity index is 640. The molecule has 1 heterocycles. The zero-order chi connectivity index (χ0) is 15.5. The number of pyridine rings is 1. The van der Waals surface area contributed by atoms with Crippen molar-refractivity contribution in [2.24, 2.45) is 0 Å². The summed E-state index contributed by atoms with van der Waals surface area (Å²) >= 11 is 0. The van der Waals surface area contributed by atoms with E-state index in [1.165, 1.54) is 11.9 Å². The monoisotopic (exact) mass is 296 g/mol. The molecule has 0 unspecified atom stereocenters. The first-order valence-electron chi connectivity index (χ1n) is 6.49. The van der Waals surface area contributed by atoms with Gasteiger partial charge in [-0.15, -0.1) is 0 Å². The summed E-state index contributed by atoms with van der Waals surface area (Å²) in [6.07, 6.45) is -4.29. The Balaban J connectivity index is 2.00. The van der Waals surface area contributed by atoms with Crippen LogP contribution in [-0.4, -0.2) is 29.0 Å². The molecule has 0 fully saturated rings. The van der Waals surface area contributed by atoms with Gasteiger partial charge >= 0.3 is 6.18 Å². The van der Waals surface area contributed by atoms with E-state index in [1.54, 1.807) is 6.20 Å². The highest BCUT2D eigenvalue weighted by Crippen LogP contribution is 2.22. The third kappa shape index (κ3) is 4.44. The summed E-state index contributed by atoms with van der Waals surface area (Å²) in [5, 5.41) is 0.936. The van der Waals surface area contributed by atoms with E-state index < -0.39 is 24.9 Å². The van der Waals surface area contributed by atoms with Gasteiger partial charge in [-0.2, -0.15) is 13.2 Å². The first-order valence-corrected chi connectivity index (χ1v) is 6.49. The van der Waals surface area contributed by atoms with Crippen molar-refractivity contribution in [1.82, 2.24) is 9.88 Å². The number of aromatic nitrogens is 1. The van der Waals surface area contributed by atoms with Crippen molar-refractivity contribution >= 4 is 16.8 Å². The van der Waals surface area contributed by atoms with E-state index in [-0.39, 0.29) is 6.54 Å². The molecular formula is C15H15F3N2O. The first kappa shape index (κ1) is 15.3. The highest BCUT2D eigenvalue weighted by Gasteiger charge is 2.28. The van der Waals surface area contributed by atoms with Gasteiger partial charge < -0.3 is 4.90 Å². The number of para-hydroxylation sites is 1. The molecule has 0 saturated carbocycles. The van der Waals surface area contributed by atoms with Gasteiger partial charge in [0.1, 0.15) is 0 Å². The van der Waals surface area contributed by atoms with E-state index in [0.717, 1.165) is 16.5 Å². The first-order chi connectivity index (χ1) is 9.85. The molecule has 0 aliphatic heterocycles. The largest absolute Gasteiger partial charge is 0.389 e. The number of rotatable bonds is 4. The van der Waals surface area contributed by atoms with Crippen molar-refractivity contribution in [3.05, 3.63) is 42.1 Å². The van der Waals surface area contributed by atoms with Crippen LogP contribution in [0.2, 0.25) is 0 Å². The van der Waals surface area contributed by atoms with Crippen LogP contribution in [-0.2, 0) is 11.3 Å². The third-order valence-corrected chi connectivity index (χ3v) is 3.11. The van der Waals surface area contributed by atoms with E-state index in [4.69, 9.17) is 0 Å². The minimum absolute atomic E-state index is 0.245. The molecule has 0 spiro atoms. The molecule has 0 radical (unpaired) electrons. The number of hydrogen-bond donors (Lipinski definition) is 0. The fraction of sp³-hybridized carbons (Fsp3) is 0.333. The van der Waals surface area contributed by atoms with E-state index >= 15 is 0 Å². The van der Waals surface area contributed by atoms with Gasteiger partial charge in [0.25, 0.3) is 0 Å². The van der Waals surface area contributed by atoms with Crippen LogP contribution in [0.5, 0.6) is 0 Å². The molecule has 0 bridgehead atoms. The predicted molar refractivity (Wildman–Crippen MR) is 73.5 cm³/mol. The molecule has 0 aliphatic rings. The Morgan fingerprint density at radius 3 is 2.71 bits per heavy atom. The second kappa shape index (κ2) is 6.11.